The van der Waals surface area contributed by atoms with Crippen molar-refractivity contribution in [1.82, 2.24) is 19.7 Å². The molecule has 1 saturated heterocycles. The number of nitrogens with one attached hydrogen (secondary N) is 1. The maximum atomic E-state index is 11.9. The summed E-state index contributed by atoms with van der Waals surface area (Å²) in [5, 5.41) is 8.68. The van der Waals surface area contributed by atoms with Crippen LogP contribution in [0.1, 0.15) is 18.0 Å². The second-order valence-corrected chi connectivity index (χ2v) is 9.99. The Labute approximate surface area is 181 Å². The van der Waals surface area contributed by atoms with E-state index in [-0.39, 0.29) is 17.5 Å². The van der Waals surface area contributed by atoms with E-state index in [0.29, 0.717) is 30.2 Å². The lowest BCUT2D eigenvalue weighted by Crippen LogP contribution is -2.13. The summed E-state index contributed by atoms with van der Waals surface area (Å²) in [7, 11) is 0.206. The zero-order chi connectivity index (χ0) is 20.6. The Morgan fingerprint density at radius 1 is 1.28 bits per heavy atom. The number of anilines is 1. The maximum Gasteiger partial charge on any atom is 0.164 e. The quantitative estimate of drug-likeness (QED) is 0.486. The van der Waals surface area contributed by atoms with Crippen LogP contribution in [0.3, 0.4) is 0 Å². The Morgan fingerprint density at radius 2 is 2.10 bits per heavy atom. The van der Waals surface area contributed by atoms with Gasteiger partial charge in [0.15, 0.2) is 15.5 Å². The summed E-state index contributed by atoms with van der Waals surface area (Å²) in [4.78, 5) is 8.75. The lowest BCUT2D eigenvalue weighted by Gasteiger charge is -2.12. The van der Waals surface area contributed by atoms with E-state index in [0.717, 1.165) is 20.4 Å². The third-order valence-electron chi connectivity index (χ3n) is 4.94. The highest BCUT2D eigenvalue weighted by molar-refractivity contribution is 14.1. The largest absolute Gasteiger partial charge is 0.497 e. The second kappa shape index (κ2) is 7.94. The van der Waals surface area contributed by atoms with Crippen LogP contribution in [-0.4, -0.2) is 53.9 Å². The van der Waals surface area contributed by atoms with Crippen molar-refractivity contribution in [3.8, 4) is 11.5 Å². The predicted molar refractivity (Wildman–Crippen MR) is 117 cm³/mol. The number of hydrogen-bond donors (Lipinski definition) is 1. The molecule has 0 radical (unpaired) electrons. The van der Waals surface area contributed by atoms with Crippen LogP contribution in [0, 0.1) is 3.70 Å². The minimum atomic E-state index is -3.02. The van der Waals surface area contributed by atoms with Crippen LogP contribution in [0.25, 0.3) is 11.0 Å². The monoisotopic (exact) mass is 529 g/mol. The minimum absolute atomic E-state index is 0.0929. The number of halogens is 1. The first kappa shape index (κ1) is 20.1. The van der Waals surface area contributed by atoms with Crippen molar-refractivity contribution in [3.05, 3.63) is 33.8 Å². The highest BCUT2D eigenvalue weighted by Crippen LogP contribution is 2.32. The van der Waals surface area contributed by atoms with Gasteiger partial charge in [-0.25, -0.2) is 23.1 Å². The number of sulfone groups is 1. The number of fused-ring (bicyclic) bond motifs is 1. The van der Waals surface area contributed by atoms with Gasteiger partial charge >= 0.3 is 0 Å². The minimum Gasteiger partial charge on any atom is -0.497 e. The molecule has 9 nitrogen and oxygen atoms in total. The van der Waals surface area contributed by atoms with Crippen LogP contribution in [0.15, 0.2) is 24.5 Å². The van der Waals surface area contributed by atoms with Gasteiger partial charge in [-0.15, -0.1) is 0 Å². The highest BCUT2D eigenvalue weighted by Gasteiger charge is 2.32. The van der Waals surface area contributed by atoms with Gasteiger partial charge in [0.05, 0.1) is 37.2 Å². The fourth-order valence-electron chi connectivity index (χ4n) is 3.47. The Bertz CT molecular complexity index is 1160. The average Bonchev–Trinajstić information content (AvgIpc) is 3.25. The molecule has 1 fully saturated rings. The van der Waals surface area contributed by atoms with Gasteiger partial charge in [-0.3, -0.25) is 0 Å². The summed E-state index contributed by atoms with van der Waals surface area (Å²) in [6.07, 6.45) is 2.01. The normalized spacial score (nSPS) is 18.1. The van der Waals surface area contributed by atoms with Crippen LogP contribution in [-0.2, 0) is 16.4 Å². The zero-order valence-corrected chi connectivity index (χ0v) is 18.9. The maximum absolute atomic E-state index is 11.9. The average molecular weight is 529 g/mol. The Balaban J connectivity index is 1.64. The van der Waals surface area contributed by atoms with E-state index in [1.165, 1.54) is 6.33 Å². The molecule has 1 aromatic carbocycles. The molecule has 0 spiro atoms. The summed E-state index contributed by atoms with van der Waals surface area (Å²) >= 11 is 2.13. The fraction of sp³-hybridized carbons (Fsp3) is 0.389. The molecule has 0 saturated carbocycles. The van der Waals surface area contributed by atoms with E-state index < -0.39 is 9.84 Å². The van der Waals surface area contributed by atoms with Crippen molar-refractivity contribution in [2.24, 2.45) is 0 Å². The van der Waals surface area contributed by atoms with Gasteiger partial charge in [0.2, 0.25) is 0 Å². The van der Waals surface area contributed by atoms with E-state index in [1.54, 1.807) is 18.9 Å². The molecular weight excluding hydrogens is 509 g/mol. The summed E-state index contributed by atoms with van der Waals surface area (Å²) in [5.41, 5.74) is 1.58. The molecule has 1 aliphatic heterocycles. The second-order valence-electron chi connectivity index (χ2n) is 6.74. The molecule has 1 unspecified atom stereocenters. The number of methoxy groups -OCH3 is 2. The number of rotatable bonds is 6. The molecule has 1 atom stereocenters. The molecule has 1 aliphatic rings. The van der Waals surface area contributed by atoms with E-state index in [2.05, 4.69) is 43.0 Å². The van der Waals surface area contributed by atoms with E-state index in [9.17, 15) is 8.42 Å². The Kier molecular flexibility index (Phi) is 5.51. The van der Waals surface area contributed by atoms with E-state index >= 15 is 0 Å². The molecule has 4 rings (SSSR count). The molecule has 2 aromatic heterocycles. The summed E-state index contributed by atoms with van der Waals surface area (Å²) in [6.45, 7) is 0.484. The van der Waals surface area contributed by atoms with Crippen LogP contribution in [0.5, 0.6) is 11.5 Å². The third-order valence-corrected chi connectivity index (χ3v) is 7.45. The van der Waals surface area contributed by atoms with Crippen molar-refractivity contribution in [2.75, 3.05) is 31.0 Å². The standard InChI is InChI=1S/C18H20IN5O4S/c1-27-13-4-3-11(14(7-13)28-2)8-20-17-15-16(19)23-24(18(15)22-10-21-17)12-5-6-29(25,26)9-12/h3-4,7,10,12H,5-6,8-9H2,1-2H3,(H,20,21,22). The lowest BCUT2D eigenvalue weighted by atomic mass is 10.2. The summed E-state index contributed by atoms with van der Waals surface area (Å²) in [5.74, 6) is 2.35. The number of benzene rings is 1. The molecule has 0 bridgehead atoms. The lowest BCUT2D eigenvalue weighted by molar-refractivity contribution is 0.391. The van der Waals surface area contributed by atoms with Gasteiger partial charge in [0, 0.05) is 18.2 Å². The molecule has 11 heteroatoms. The number of aromatic nitrogens is 4. The zero-order valence-electron chi connectivity index (χ0n) is 15.9. The van der Waals surface area contributed by atoms with Crippen molar-refractivity contribution >= 4 is 49.3 Å². The van der Waals surface area contributed by atoms with Crippen molar-refractivity contribution < 1.29 is 17.9 Å². The first-order chi connectivity index (χ1) is 13.9. The number of hydrogen-bond acceptors (Lipinski definition) is 8. The van der Waals surface area contributed by atoms with Gasteiger partial charge < -0.3 is 14.8 Å². The van der Waals surface area contributed by atoms with Gasteiger partial charge in [-0.2, -0.15) is 5.10 Å². The van der Waals surface area contributed by atoms with Crippen LogP contribution in [0.2, 0.25) is 0 Å². The highest BCUT2D eigenvalue weighted by atomic mass is 127. The first-order valence-electron chi connectivity index (χ1n) is 8.96. The molecular formula is C18H20IN5O4S. The number of nitrogens with zero attached hydrogens (tertiary/aromatic N) is 4. The fourth-order valence-corrected chi connectivity index (χ4v) is 5.89. The molecule has 1 N–H and O–H groups in total. The molecule has 3 aromatic rings. The molecule has 0 aliphatic carbocycles. The van der Waals surface area contributed by atoms with Gasteiger partial charge in [-0.1, -0.05) is 0 Å². The first-order valence-corrected chi connectivity index (χ1v) is 11.9. The Morgan fingerprint density at radius 3 is 2.79 bits per heavy atom. The SMILES string of the molecule is COc1ccc(CNc2ncnc3c2c(I)nn3C2CCS(=O)(=O)C2)c(OC)c1. The summed E-state index contributed by atoms with van der Waals surface area (Å²) in [6, 6.07) is 5.43. The topological polar surface area (TPSA) is 108 Å². The van der Waals surface area contributed by atoms with Gasteiger partial charge in [-0.05, 0) is 41.1 Å². The van der Waals surface area contributed by atoms with E-state index in [1.807, 2.05) is 18.2 Å². The van der Waals surface area contributed by atoms with Crippen LogP contribution < -0.4 is 14.8 Å². The van der Waals surface area contributed by atoms with Crippen LogP contribution >= 0.6 is 22.6 Å². The van der Waals surface area contributed by atoms with Crippen molar-refractivity contribution in [3.63, 3.8) is 0 Å². The van der Waals surface area contributed by atoms with Gasteiger partial charge in [0.1, 0.15) is 27.3 Å². The van der Waals surface area contributed by atoms with Crippen LogP contribution in [0.4, 0.5) is 5.82 Å². The van der Waals surface area contributed by atoms with Crippen molar-refractivity contribution in [1.29, 1.82) is 0 Å². The van der Waals surface area contributed by atoms with Crippen molar-refractivity contribution in [2.45, 2.75) is 19.0 Å². The van der Waals surface area contributed by atoms with Gasteiger partial charge in [0.25, 0.3) is 0 Å². The molecule has 154 valence electrons. The molecule has 3 heterocycles. The predicted octanol–water partition coefficient (Wildman–Crippen LogP) is 2.42. The van der Waals surface area contributed by atoms with E-state index in [4.69, 9.17) is 9.47 Å². The number of ether oxygens (including phenoxy) is 2. The summed E-state index contributed by atoms with van der Waals surface area (Å²) < 4.78 is 36.9. The third kappa shape index (κ3) is 3.97. The molecule has 0 amide bonds. The molecule has 29 heavy (non-hydrogen) atoms. The Hall–Kier alpha value is -2.15. The smallest absolute Gasteiger partial charge is 0.164 e.